The first-order chi connectivity index (χ1) is 12.0. The van der Waals surface area contributed by atoms with Gasteiger partial charge in [0.15, 0.2) is 6.61 Å². The van der Waals surface area contributed by atoms with Crippen molar-refractivity contribution in [3.05, 3.63) is 52.3 Å². The number of methoxy groups -OCH3 is 1. The average Bonchev–Trinajstić information content (AvgIpc) is 2.57. The fourth-order valence-electron chi connectivity index (χ4n) is 2.26. The molecule has 0 fully saturated rings. The van der Waals surface area contributed by atoms with Crippen LogP contribution in [0, 0.1) is 6.92 Å². The summed E-state index contributed by atoms with van der Waals surface area (Å²) in [5.74, 6) is 0.159. The van der Waals surface area contributed by atoms with E-state index in [2.05, 4.69) is 20.9 Å². The maximum atomic E-state index is 10.6. The number of pyridine rings is 1. The number of carboxylic acids is 1. The molecule has 134 valence electrons. The number of halogens is 1. The second-order valence-electron chi connectivity index (χ2n) is 5.38. The smallest absolute Gasteiger partial charge is 0.341 e. The highest BCUT2D eigenvalue weighted by Gasteiger charge is 2.16. The molecule has 0 unspecified atom stereocenters. The maximum Gasteiger partial charge on any atom is 0.341 e. The summed E-state index contributed by atoms with van der Waals surface area (Å²) in [5, 5.41) is 8.70. The second-order valence-corrected chi connectivity index (χ2v) is 6.20. The Hall–Kier alpha value is -2.12. The van der Waals surface area contributed by atoms with Gasteiger partial charge in [0.05, 0.1) is 12.3 Å². The molecular formula is C18H20BrNO5. The summed E-state index contributed by atoms with van der Waals surface area (Å²) >= 11 is 3.37. The number of aromatic nitrogens is 1. The van der Waals surface area contributed by atoms with Crippen molar-refractivity contribution in [1.29, 1.82) is 0 Å². The lowest BCUT2D eigenvalue weighted by atomic mass is 10.1. The van der Waals surface area contributed by atoms with Crippen LogP contribution < -0.4 is 9.47 Å². The van der Waals surface area contributed by atoms with Crippen molar-refractivity contribution in [3.63, 3.8) is 0 Å². The average molecular weight is 410 g/mol. The van der Waals surface area contributed by atoms with E-state index in [0.717, 1.165) is 15.9 Å². The van der Waals surface area contributed by atoms with Crippen molar-refractivity contribution >= 4 is 21.9 Å². The molecular weight excluding hydrogens is 390 g/mol. The van der Waals surface area contributed by atoms with E-state index in [0.29, 0.717) is 24.5 Å². The number of rotatable bonds is 9. The zero-order valence-electron chi connectivity index (χ0n) is 14.1. The van der Waals surface area contributed by atoms with Crippen molar-refractivity contribution in [2.45, 2.75) is 19.4 Å². The fraction of sp³-hybridized carbons (Fsp3) is 0.333. The van der Waals surface area contributed by atoms with Gasteiger partial charge in [-0.2, -0.15) is 0 Å². The first kappa shape index (κ1) is 19.2. The number of aryl methyl sites for hydroxylation is 1. The summed E-state index contributed by atoms with van der Waals surface area (Å²) in [4.78, 5) is 15.1. The van der Waals surface area contributed by atoms with Crippen LogP contribution in [-0.2, 0) is 9.53 Å². The standard InChI is InChI=1S/C18H20BrNO5/c1-12-10-13(6-7-15(12)24-11-18(21)22)25-16(8-9-23-2)14-4-3-5-17(19)20-14/h3-7,10,16H,8-9,11H2,1-2H3,(H,21,22)/t16-/m1/s1. The highest BCUT2D eigenvalue weighted by molar-refractivity contribution is 9.10. The van der Waals surface area contributed by atoms with Gasteiger partial charge in [0.25, 0.3) is 0 Å². The Morgan fingerprint density at radius 2 is 2.12 bits per heavy atom. The third-order valence-corrected chi connectivity index (χ3v) is 3.87. The number of ether oxygens (including phenoxy) is 3. The number of carboxylic acid groups (broad SMARTS) is 1. The molecule has 0 amide bonds. The Morgan fingerprint density at radius 3 is 2.76 bits per heavy atom. The highest BCUT2D eigenvalue weighted by atomic mass is 79.9. The first-order valence-corrected chi connectivity index (χ1v) is 8.52. The largest absolute Gasteiger partial charge is 0.484 e. The number of aliphatic carboxylic acids is 1. The maximum absolute atomic E-state index is 10.6. The van der Waals surface area contributed by atoms with E-state index in [-0.39, 0.29) is 12.7 Å². The van der Waals surface area contributed by atoms with Gasteiger partial charge in [-0.1, -0.05) is 6.07 Å². The molecule has 7 heteroatoms. The predicted octanol–water partition coefficient (Wildman–Crippen LogP) is 3.77. The van der Waals surface area contributed by atoms with Crippen molar-refractivity contribution in [2.75, 3.05) is 20.3 Å². The number of carbonyl (C=O) groups is 1. The van der Waals surface area contributed by atoms with Crippen molar-refractivity contribution in [1.82, 2.24) is 4.98 Å². The van der Waals surface area contributed by atoms with Gasteiger partial charge in [-0.05, 0) is 58.7 Å². The molecule has 1 atom stereocenters. The molecule has 6 nitrogen and oxygen atoms in total. The molecule has 1 heterocycles. The molecule has 0 saturated heterocycles. The van der Waals surface area contributed by atoms with E-state index >= 15 is 0 Å². The summed E-state index contributed by atoms with van der Waals surface area (Å²) in [6.07, 6.45) is 0.388. The van der Waals surface area contributed by atoms with Gasteiger partial charge in [0, 0.05) is 13.5 Å². The Labute approximate surface area is 154 Å². The lowest BCUT2D eigenvalue weighted by molar-refractivity contribution is -0.139. The van der Waals surface area contributed by atoms with E-state index < -0.39 is 5.97 Å². The summed E-state index contributed by atoms with van der Waals surface area (Å²) < 4.78 is 17.2. The van der Waals surface area contributed by atoms with Gasteiger partial charge < -0.3 is 19.3 Å². The number of hydrogen-bond acceptors (Lipinski definition) is 5. The Kier molecular flexibility index (Phi) is 7.21. The van der Waals surface area contributed by atoms with Crippen LogP contribution in [0.15, 0.2) is 41.0 Å². The van der Waals surface area contributed by atoms with E-state index in [1.165, 1.54) is 0 Å². The van der Waals surface area contributed by atoms with Gasteiger partial charge in [-0.15, -0.1) is 0 Å². The minimum Gasteiger partial charge on any atom is -0.484 e. The van der Waals surface area contributed by atoms with Crippen LogP contribution in [-0.4, -0.2) is 36.4 Å². The zero-order chi connectivity index (χ0) is 18.2. The molecule has 0 radical (unpaired) electrons. The normalized spacial score (nSPS) is 11.8. The SMILES string of the molecule is COCC[C@@H](Oc1ccc(OCC(=O)O)c(C)c1)c1cccc(Br)n1. The molecule has 0 bridgehead atoms. The summed E-state index contributed by atoms with van der Waals surface area (Å²) in [6.45, 7) is 2.00. The van der Waals surface area contributed by atoms with E-state index in [1.54, 1.807) is 19.2 Å². The lowest BCUT2D eigenvalue weighted by Crippen LogP contribution is -2.13. The summed E-state index contributed by atoms with van der Waals surface area (Å²) in [7, 11) is 1.64. The molecule has 0 aliphatic heterocycles. The zero-order valence-corrected chi connectivity index (χ0v) is 15.7. The Balaban J connectivity index is 2.15. The van der Waals surface area contributed by atoms with E-state index in [1.807, 2.05) is 31.2 Å². The Morgan fingerprint density at radius 1 is 1.32 bits per heavy atom. The van der Waals surface area contributed by atoms with Crippen molar-refractivity contribution < 1.29 is 24.1 Å². The third kappa shape index (κ3) is 6.03. The molecule has 1 aromatic carbocycles. The fourth-order valence-corrected chi connectivity index (χ4v) is 2.61. The molecule has 25 heavy (non-hydrogen) atoms. The quantitative estimate of drug-likeness (QED) is 0.635. The molecule has 2 aromatic rings. The van der Waals surface area contributed by atoms with Crippen LogP contribution in [0.1, 0.15) is 23.8 Å². The van der Waals surface area contributed by atoms with Crippen LogP contribution in [0.25, 0.3) is 0 Å². The molecule has 0 aliphatic carbocycles. The van der Waals surface area contributed by atoms with Gasteiger partial charge in [-0.3, -0.25) is 0 Å². The summed E-state index contributed by atoms with van der Waals surface area (Å²) in [5.41, 5.74) is 1.60. The van der Waals surface area contributed by atoms with Crippen LogP contribution in [0.3, 0.4) is 0 Å². The highest BCUT2D eigenvalue weighted by Crippen LogP contribution is 2.29. The van der Waals surface area contributed by atoms with Crippen molar-refractivity contribution in [3.8, 4) is 11.5 Å². The molecule has 1 aromatic heterocycles. The minimum atomic E-state index is -1.01. The van der Waals surface area contributed by atoms with Gasteiger partial charge in [-0.25, -0.2) is 9.78 Å². The van der Waals surface area contributed by atoms with Gasteiger partial charge in [0.2, 0.25) is 0 Å². The second kappa shape index (κ2) is 9.39. The number of benzene rings is 1. The van der Waals surface area contributed by atoms with Crippen LogP contribution in [0.2, 0.25) is 0 Å². The van der Waals surface area contributed by atoms with Gasteiger partial charge >= 0.3 is 5.97 Å². The molecule has 0 aliphatic rings. The molecule has 2 rings (SSSR count). The predicted molar refractivity (Wildman–Crippen MR) is 96.1 cm³/mol. The lowest BCUT2D eigenvalue weighted by Gasteiger charge is -2.19. The van der Waals surface area contributed by atoms with Crippen LogP contribution >= 0.6 is 15.9 Å². The van der Waals surface area contributed by atoms with Crippen LogP contribution in [0.4, 0.5) is 0 Å². The number of nitrogens with zero attached hydrogens (tertiary/aromatic N) is 1. The first-order valence-electron chi connectivity index (χ1n) is 7.73. The third-order valence-electron chi connectivity index (χ3n) is 3.43. The minimum absolute atomic E-state index is 0.261. The monoisotopic (exact) mass is 409 g/mol. The van der Waals surface area contributed by atoms with E-state index in [9.17, 15) is 4.79 Å². The van der Waals surface area contributed by atoms with Crippen molar-refractivity contribution in [2.24, 2.45) is 0 Å². The summed E-state index contributed by atoms with van der Waals surface area (Å²) in [6, 6.07) is 10.9. The number of hydrogen-bond donors (Lipinski definition) is 1. The van der Waals surface area contributed by atoms with E-state index in [4.69, 9.17) is 19.3 Å². The molecule has 0 saturated carbocycles. The molecule has 1 N–H and O–H groups in total. The van der Waals surface area contributed by atoms with Crippen LogP contribution in [0.5, 0.6) is 11.5 Å². The topological polar surface area (TPSA) is 77.9 Å². The van der Waals surface area contributed by atoms with Gasteiger partial charge in [0.1, 0.15) is 22.2 Å². The Bertz CT molecular complexity index is 722. The molecule has 0 spiro atoms.